The molecule has 0 radical (unpaired) electrons. The number of amides is 1. The van der Waals surface area contributed by atoms with Crippen LogP contribution < -0.4 is 15.4 Å². The lowest BCUT2D eigenvalue weighted by molar-refractivity contribution is 0.0954. The van der Waals surface area contributed by atoms with E-state index >= 15 is 0 Å². The Labute approximate surface area is 145 Å². The molecule has 3 rings (SSSR count). The molecule has 0 saturated carbocycles. The summed E-state index contributed by atoms with van der Waals surface area (Å²) >= 11 is 1.41. The molecule has 124 valence electrons. The van der Waals surface area contributed by atoms with Crippen LogP contribution in [0.2, 0.25) is 0 Å². The minimum Gasteiger partial charge on any atom is -0.497 e. The van der Waals surface area contributed by atoms with E-state index in [0.29, 0.717) is 17.5 Å². The Morgan fingerprint density at radius 1 is 1.43 bits per heavy atom. The van der Waals surface area contributed by atoms with E-state index in [1.165, 1.54) is 17.8 Å². The second-order valence-electron chi connectivity index (χ2n) is 5.26. The number of methoxy groups -OCH3 is 1. The standard InChI is InChI=1S/C16H19N3O2S.ClH/c1-21-13-6-4-11(5-7-13)16-19-10-14(22-16)15(20)18-9-12-3-2-8-17-12;/h4-7,10,12,17H,2-3,8-9H2,1H3,(H,18,20);1H. The number of ether oxygens (including phenoxy) is 1. The SMILES string of the molecule is COc1ccc(-c2ncc(C(=O)NCC3CCCN3)s2)cc1.Cl. The number of carbonyl (C=O) groups excluding carboxylic acids is 1. The molecule has 2 heterocycles. The molecular weight excluding hydrogens is 334 g/mol. The molecule has 0 bridgehead atoms. The zero-order valence-corrected chi connectivity index (χ0v) is 14.5. The lowest BCUT2D eigenvalue weighted by atomic mass is 10.2. The number of aromatic nitrogens is 1. The lowest BCUT2D eigenvalue weighted by Crippen LogP contribution is -2.36. The van der Waals surface area contributed by atoms with Crippen molar-refractivity contribution in [3.63, 3.8) is 0 Å². The van der Waals surface area contributed by atoms with Crippen molar-refractivity contribution in [3.05, 3.63) is 35.3 Å². The van der Waals surface area contributed by atoms with Crippen molar-refractivity contribution in [1.82, 2.24) is 15.6 Å². The molecule has 0 aliphatic carbocycles. The highest BCUT2D eigenvalue weighted by Gasteiger charge is 2.16. The van der Waals surface area contributed by atoms with Gasteiger partial charge in [0, 0.05) is 18.2 Å². The molecule has 1 aromatic carbocycles. The minimum absolute atomic E-state index is 0. The molecule has 1 saturated heterocycles. The van der Waals surface area contributed by atoms with Crippen LogP contribution in [-0.2, 0) is 0 Å². The minimum atomic E-state index is -0.0500. The summed E-state index contributed by atoms with van der Waals surface area (Å²) in [5, 5.41) is 7.18. The van der Waals surface area contributed by atoms with E-state index in [0.717, 1.165) is 29.3 Å². The Kier molecular flexibility index (Phi) is 6.38. The Bertz CT molecular complexity index is 639. The molecule has 1 aliphatic heterocycles. The third-order valence-electron chi connectivity index (χ3n) is 3.74. The first-order valence-corrected chi connectivity index (χ1v) is 8.20. The zero-order chi connectivity index (χ0) is 15.4. The molecule has 1 amide bonds. The van der Waals surface area contributed by atoms with Crippen molar-refractivity contribution >= 4 is 29.7 Å². The van der Waals surface area contributed by atoms with E-state index in [2.05, 4.69) is 15.6 Å². The van der Waals surface area contributed by atoms with Gasteiger partial charge in [-0.1, -0.05) is 0 Å². The lowest BCUT2D eigenvalue weighted by Gasteiger charge is -2.10. The normalized spacial score (nSPS) is 16.7. The van der Waals surface area contributed by atoms with E-state index in [9.17, 15) is 4.79 Å². The predicted octanol–water partition coefficient (Wildman–Crippen LogP) is 2.72. The summed E-state index contributed by atoms with van der Waals surface area (Å²) in [4.78, 5) is 17.1. The van der Waals surface area contributed by atoms with Gasteiger partial charge in [-0.25, -0.2) is 4.98 Å². The fraction of sp³-hybridized carbons (Fsp3) is 0.375. The zero-order valence-electron chi connectivity index (χ0n) is 12.9. The average molecular weight is 354 g/mol. The summed E-state index contributed by atoms with van der Waals surface area (Å²) < 4.78 is 5.14. The van der Waals surface area contributed by atoms with Crippen LogP contribution in [0.3, 0.4) is 0 Å². The highest BCUT2D eigenvalue weighted by Crippen LogP contribution is 2.26. The first-order valence-electron chi connectivity index (χ1n) is 7.38. The first-order chi connectivity index (χ1) is 10.8. The van der Waals surface area contributed by atoms with Crippen molar-refractivity contribution in [3.8, 4) is 16.3 Å². The maximum Gasteiger partial charge on any atom is 0.263 e. The van der Waals surface area contributed by atoms with Crippen molar-refractivity contribution in [2.24, 2.45) is 0 Å². The summed E-state index contributed by atoms with van der Waals surface area (Å²) in [6, 6.07) is 8.08. The van der Waals surface area contributed by atoms with Gasteiger partial charge in [0.1, 0.15) is 15.6 Å². The van der Waals surface area contributed by atoms with Gasteiger partial charge in [0.15, 0.2) is 0 Å². The number of nitrogens with one attached hydrogen (secondary N) is 2. The van der Waals surface area contributed by atoms with Crippen molar-refractivity contribution in [2.75, 3.05) is 20.2 Å². The monoisotopic (exact) mass is 353 g/mol. The van der Waals surface area contributed by atoms with Crippen molar-refractivity contribution in [1.29, 1.82) is 0 Å². The molecule has 0 spiro atoms. The van der Waals surface area contributed by atoms with E-state index in [1.807, 2.05) is 24.3 Å². The van der Waals surface area contributed by atoms with Crippen LogP contribution in [0.5, 0.6) is 5.75 Å². The number of nitrogens with zero attached hydrogens (tertiary/aromatic N) is 1. The van der Waals surface area contributed by atoms with E-state index in [-0.39, 0.29) is 18.3 Å². The van der Waals surface area contributed by atoms with Gasteiger partial charge >= 0.3 is 0 Å². The van der Waals surface area contributed by atoms with Crippen LogP contribution in [0.1, 0.15) is 22.5 Å². The van der Waals surface area contributed by atoms with Crippen molar-refractivity contribution < 1.29 is 9.53 Å². The summed E-state index contributed by atoms with van der Waals surface area (Å²) in [5.41, 5.74) is 0.988. The second kappa shape index (κ2) is 8.29. The second-order valence-corrected chi connectivity index (χ2v) is 6.29. The quantitative estimate of drug-likeness (QED) is 0.867. The number of hydrogen-bond acceptors (Lipinski definition) is 5. The fourth-order valence-corrected chi connectivity index (χ4v) is 3.32. The van der Waals surface area contributed by atoms with Crippen LogP contribution in [0.25, 0.3) is 10.6 Å². The van der Waals surface area contributed by atoms with E-state index in [1.54, 1.807) is 13.3 Å². The topological polar surface area (TPSA) is 63.2 Å². The Morgan fingerprint density at radius 2 is 2.22 bits per heavy atom. The largest absolute Gasteiger partial charge is 0.497 e. The van der Waals surface area contributed by atoms with Crippen LogP contribution in [0.15, 0.2) is 30.5 Å². The molecule has 2 aromatic rings. The molecule has 1 aliphatic rings. The molecule has 2 N–H and O–H groups in total. The van der Waals surface area contributed by atoms with Crippen molar-refractivity contribution in [2.45, 2.75) is 18.9 Å². The molecular formula is C16H20ClN3O2S. The Hall–Kier alpha value is -1.63. The van der Waals surface area contributed by atoms with Gasteiger partial charge in [-0.3, -0.25) is 4.79 Å². The smallest absolute Gasteiger partial charge is 0.263 e. The highest BCUT2D eigenvalue weighted by molar-refractivity contribution is 7.16. The number of benzene rings is 1. The van der Waals surface area contributed by atoms with Crippen LogP contribution in [0.4, 0.5) is 0 Å². The molecule has 23 heavy (non-hydrogen) atoms. The van der Waals surface area contributed by atoms with Gasteiger partial charge in [0.2, 0.25) is 0 Å². The maximum absolute atomic E-state index is 12.2. The number of carbonyl (C=O) groups is 1. The average Bonchev–Trinajstić information content (AvgIpc) is 3.24. The van der Waals surface area contributed by atoms with Gasteiger partial charge in [0.25, 0.3) is 5.91 Å². The van der Waals surface area contributed by atoms with E-state index in [4.69, 9.17) is 4.74 Å². The van der Waals surface area contributed by atoms with Crippen LogP contribution in [0, 0.1) is 0 Å². The van der Waals surface area contributed by atoms with Gasteiger partial charge < -0.3 is 15.4 Å². The Balaban J connectivity index is 0.00000192. The van der Waals surface area contributed by atoms with Gasteiger partial charge in [-0.05, 0) is 43.7 Å². The molecule has 1 atom stereocenters. The fourth-order valence-electron chi connectivity index (χ4n) is 2.48. The predicted molar refractivity (Wildman–Crippen MR) is 94.7 cm³/mol. The highest BCUT2D eigenvalue weighted by atomic mass is 35.5. The van der Waals surface area contributed by atoms with Gasteiger partial charge in [0.05, 0.1) is 13.3 Å². The number of thiazole rings is 1. The molecule has 5 nitrogen and oxygen atoms in total. The number of halogens is 1. The van der Waals surface area contributed by atoms with Crippen LogP contribution >= 0.6 is 23.7 Å². The number of rotatable bonds is 5. The number of hydrogen-bond donors (Lipinski definition) is 2. The molecule has 7 heteroatoms. The summed E-state index contributed by atoms with van der Waals surface area (Å²) in [6.45, 7) is 1.72. The van der Waals surface area contributed by atoms with E-state index < -0.39 is 0 Å². The molecule has 1 fully saturated rings. The van der Waals surface area contributed by atoms with Crippen LogP contribution in [-0.4, -0.2) is 37.1 Å². The van der Waals surface area contributed by atoms with Gasteiger partial charge in [-0.2, -0.15) is 0 Å². The molecule has 1 aromatic heterocycles. The molecule has 1 unspecified atom stereocenters. The Morgan fingerprint density at radius 3 is 2.87 bits per heavy atom. The summed E-state index contributed by atoms with van der Waals surface area (Å²) in [7, 11) is 1.64. The first kappa shape index (κ1) is 17.7. The maximum atomic E-state index is 12.2. The van der Waals surface area contributed by atoms with Gasteiger partial charge in [-0.15, -0.1) is 23.7 Å². The third-order valence-corrected chi connectivity index (χ3v) is 4.78. The summed E-state index contributed by atoms with van der Waals surface area (Å²) in [5.74, 6) is 0.758. The third kappa shape index (κ3) is 4.43. The summed E-state index contributed by atoms with van der Waals surface area (Å²) in [6.07, 6.45) is 3.95.